The number of aromatic carboxylic acids is 1. The van der Waals surface area contributed by atoms with Crippen LogP contribution >= 0.6 is 0 Å². The molecule has 0 aliphatic rings. The molecule has 0 unspecified atom stereocenters. The molecule has 0 radical (unpaired) electrons. The molecule has 0 aliphatic heterocycles. The Hall–Kier alpha value is -1.62. The van der Waals surface area contributed by atoms with Crippen molar-refractivity contribution in [2.24, 2.45) is 0 Å². The molecular weight excluding hydrogens is 208 g/mol. The first-order chi connectivity index (χ1) is 7.75. The van der Waals surface area contributed by atoms with Crippen molar-refractivity contribution in [3.05, 3.63) is 23.9 Å². The van der Waals surface area contributed by atoms with Gasteiger partial charge in [-0.2, -0.15) is 0 Å². The Balaban J connectivity index is 2.44. The summed E-state index contributed by atoms with van der Waals surface area (Å²) < 4.78 is 0. The lowest BCUT2D eigenvalue weighted by atomic mass is 10.2. The Kier molecular flexibility index (Phi) is 5.28. The molecule has 16 heavy (non-hydrogen) atoms. The summed E-state index contributed by atoms with van der Waals surface area (Å²) in [5, 5.41) is 20.5. The second-order valence-corrected chi connectivity index (χ2v) is 3.42. The molecular formula is C11H16N2O3. The third-order valence-electron chi connectivity index (χ3n) is 2.17. The van der Waals surface area contributed by atoms with Crippen LogP contribution in [0.5, 0.6) is 0 Å². The van der Waals surface area contributed by atoms with Crippen molar-refractivity contribution >= 4 is 11.8 Å². The van der Waals surface area contributed by atoms with E-state index >= 15 is 0 Å². The number of pyridine rings is 1. The standard InChI is InChI=1S/C11H16N2O3/c14-8-3-1-2-6-12-10-9(11(15)16)5-4-7-13-10/h4-5,7,14H,1-3,6,8H2,(H,12,13)(H,15,16). The third-order valence-corrected chi connectivity index (χ3v) is 2.17. The highest BCUT2D eigenvalue weighted by Gasteiger charge is 2.09. The van der Waals surface area contributed by atoms with Crippen LogP contribution in [0.25, 0.3) is 0 Å². The van der Waals surface area contributed by atoms with E-state index < -0.39 is 5.97 Å². The lowest BCUT2D eigenvalue weighted by molar-refractivity contribution is 0.0697. The molecule has 1 aromatic heterocycles. The van der Waals surface area contributed by atoms with Gasteiger partial charge in [-0.05, 0) is 31.4 Å². The van der Waals surface area contributed by atoms with Crippen LogP contribution in [0.15, 0.2) is 18.3 Å². The minimum absolute atomic E-state index is 0.185. The zero-order valence-corrected chi connectivity index (χ0v) is 9.02. The van der Waals surface area contributed by atoms with Crippen molar-refractivity contribution in [2.45, 2.75) is 19.3 Å². The van der Waals surface area contributed by atoms with Crippen molar-refractivity contribution in [3.63, 3.8) is 0 Å². The summed E-state index contributed by atoms with van der Waals surface area (Å²) in [7, 11) is 0. The van der Waals surface area contributed by atoms with Gasteiger partial charge in [0.25, 0.3) is 0 Å². The van der Waals surface area contributed by atoms with Gasteiger partial charge in [0.15, 0.2) is 0 Å². The molecule has 0 atom stereocenters. The van der Waals surface area contributed by atoms with Gasteiger partial charge < -0.3 is 15.5 Å². The average Bonchev–Trinajstić information content (AvgIpc) is 2.29. The van der Waals surface area contributed by atoms with Crippen molar-refractivity contribution in [1.29, 1.82) is 0 Å². The number of unbranched alkanes of at least 4 members (excludes halogenated alkanes) is 2. The van der Waals surface area contributed by atoms with Crippen molar-refractivity contribution < 1.29 is 15.0 Å². The number of aromatic nitrogens is 1. The molecule has 0 bridgehead atoms. The van der Waals surface area contributed by atoms with E-state index in [0.29, 0.717) is 12.4 Å². The summed E-state index contributed by atoms with van der Waals surface area (Å²) in [6.45, 7) is 0.862. The van der Waals surface area contributed by atoms with E-state index in [1.54, 1.807) is 12.3 Å². The molecule has 0 aromatic carbocycles. The molecule has 1 rings (SSSR count). The molecule has 0 saturated carbocycles. The number of hydrogen-bond acceptors (Lipinski definition) is 4. The lowest BCUT2D eigenvalue weighted by Crippen LogP contribution is -2.09. The van der Waals surface area contributed by atoms with Crippen LogP contribution in [-0.4, -0.2) is 34.3 Å². The summed E-state index contributed by atoms with van der Waals surface area (Å²) in [4.78, 5) is 14.8. The number of hydrogen-bond donors (Lipinski definition) is 3. The molecule has 5 heteroatoms. The Morgan fingerprint density at radius 3 is 2.88 bits per heavy atom. The number of aliphatic hydroxyl groups excluding tert-OH is 1. The zero-order valence-electron chi connectivity index (χ0n) is 9.02. The van der Waals surface area contributed by atoms with E-state index in [0.717, 1.165) is 19.3 Å². The summed E-state index contributed by atoms with van der Waals surface area (Å²) >= 11 is 0. The predicted molar refractivity (Wildman–Crippen MR) is 60.6 cm³/mol. The van der Waals surface area contributed by atoms with Crippen LogP contribution < -0.4 is 5.32 Å². The maximum atomic E-state index is 10.8. The van der Waals surface area contributed by atoms with Gasteiger partial charge in [0.05, 0.1) is 0 Å². The van der Waals surface area contributed by atoms with Crippen molar-refractivity contribution in [3.8, 4) is 0 Å². The number of nitrogens with zero attached hydrogens (tertiary/aromatic N) is 1. The number of carboxylic acids is 1. The fourth-order valence-electron chi connectivity index (χ4n) is 1.34. The van der Waals surface area contributed by atoms with Gasteiger partial charge >= 0.3 is 5.97 Å². The SMILES string of the molecule is O=C(O)c1cccnc1NCCCCCO. The lowest BCUT2D eigenvalue weighted by Gasteiger charge is -2.07. The average molecular weight is 224 g/mol. The first-order valence-electron chi connectivity index (χ1n) is 5.28. The highest BCUT2D eigenvalue weighted by atomic mass is 16.4. The monoisotopic (exact) mass is 224 g/mol. The molecule has 88 valence electrons. The number of nitrogens with one attached hydrogen (secondary N) is 1. The van der Waals surface area contributed by atoms with Crippen LogP contribution in [0.2, 0.25) is 0 Å². The second kappa shape index (κ2) is 6.79. The highest BCUT2D eigenvalue weighted by Crippen LogP contribution is 2.11. The smallest absolute Gasteiger partial charge is 0.339 e. The summed E-state index contributed by atoms with van der Waals surface area (Å²) in [6.07, 6.45) is 4.13. The highest BCUT2D eigenvalue weighted by molar-refractivity contribution is 5.92. The number of carboxylic acid groups (broad SMARTS) is 1. The molecule has 5 nitrogen and oxygen atoms in total. The fourth-order valence-corrected chi connectivity index (χ4v) is 1.34. The fraction of sp³-hybridized carbons (Fsp3) is 0.455. The van der Waals surface area contributed by atoms with E-state index in [-0.39, 0.29) is 12.2 Å². The minimum Gasteiger partial charge on any atom is -0.478 e. The number of rotatable bonds is 7. The van der Waals surface area contributed by atoms with Gasteiger partial charge in [-0.1, -0.05) is 0 Å². The van der Waals surface area contributed by atoms with Gasteiger partial charge in [-0.15, -0.1) is 0 Å². The predicted octanol–water partition coefficient (Wildman–Crippen LogP) is 1.35. The second-order valence-electron chi connectivity index (χ2n) is 3.42. The molecule has 1 heterocycles. The molecule has 0 amide bonds. The van der Waals surface area contributed by atoms with Gasteiger partial charge in [-0.25, -0.2) is 9.78 Å². The zero-order chi connectivity index (χ0) is 11.8. The Bertz CT molecular complexity index is 342. The molecule has 3 N–H and O–H groups in total. The van der Waals surface area contributed by atoms with E-state index in [4.69, 9.17) is 10.2 Å². The number of anilines is 1. The van der Waals surface area contributed by atoms with Crippen LogP contribution in [0.4, 0.5) is 5.82 Å². The summed E-state index contributed by atoms with van der Waals surface area (Å²) in [6, 6.07) is 3.12. The summed E-state index contributed by atoms with van der Waals surface area (Å²) in [5.74, 6) is -0.579. The van der Waals surface area contributed by atoms with E-state index in [9.17, 15) is 4.79 Å². The Labute approximate surface area is 94.1 Å². The number of aliphatic hydroxyl groups is 1. The Morgan fingerprint density at radius 2 is 2.19 bits per heavy atom. The molecule has 0 fully saturated rings. The van der Waals surface area contributed by atoms with E-state index in [2.05, 4.69) is 10.3 Å². The van der Waals surface area contributed by atoms with Crippen molar-refractivity contribution in [1.82, 2.24) is 4.98 Å². The van der Waals surface area contributed by atoms with Crippen LogP contribution in [0.3, 0.4) is 0 Å². The maximum Gasteiger partial charge on any atom is 0.339 e. The largest absolute Gasteiger partial charge is 0.478 e. The van der Waals surface area contributed by atoms with Crippen LogP contribution in [-0.2, 0) is 0 Å². The summed E-state index contributed by atoms with van der Waals surface area (Å²) in [5.41, 5.74) is 0.185. The van der Waals surface area contributed by atoms with Crippen LogP contribution in [0.1, 0.15) is 29.6 Å². The molecule has 0 spiro atoms. The van der Waals surface area contributed by atoms with Gasteiger partial charge in [0, 0.05) is 19.3 Å². The van der Waals surface area contributed by atoms with Gasteiger partial charge in [0.1, 0.15) is 11.4 Å². The molecule has 0 aliphatic carbocycles. The normalized spacial score (nSPS) is 10.1. The van der Waals surface area contributed by atoms with Gasteiger partial charge in [0.2, 0.25) is 0 Å². The topological polar surface area (TPSA) is 82.5 Å². The minimum atomic E-state index is -0.981. The van der Waals surface area contributed by atoms with Crippen molar-refractivity contribution in [2.75, 3.05) is 18.5 Å². The van der Waals surface area contributed by atoms with Gasteiger partial charge in [-0.3, -0.25) is 0 Å². The third kappa shape index (κ3) is 3.86. The Morgan fingerprint density at radius 1 is 1.38 bits per heavy atom. The van der Waals surface area contributed by atoms with E-state index in [1.807, 2.05) is 0 Å². The quantitative estimate of drug-likeness (QED) is 0.609. The van der Waals surface area contributed by atoms with E-state index in [1.165, 1.54) is 6.07 Å². The maximum absolute atomic E-state index is 10.8. The first-order valence-corrected chi connectivity index (χ1v) is 5.28. The molecule has 0 saturated heterocycles. The molecule has 1 aromatic rings. The first kappa shape index (κ1) is 12.4. The number of carbonyl (C=O) groups is 1. The van der Waals surface area contributed by atoms with Crippen LogP contribution in [0, 0.1) is 0 Å².